The largest absolute Gasteiger partial charge is 0.481 e. The molecule has 108 valence electrons. The summed E-state index contributed by atoms with van der Waals surface area (Å²) in [5, 5.41) is 9.29. The molecule has 0 amide bonds. The van der Waals surface area contributed by atoms with Gasteiger partial charge in [-0.2, -0.15) is 0 Å². The van der Waals surface area contributed by atoms with Crippen LogP contribution in [-0.2, 0) is 4.79 Å². The van der Waals surface area contributed by atoms with Crippen molar-refractivity contribution in [2.75, 3.05) is 11.4 Å². The van der Waals surface area contributed by atoms with E-state index in [4.69, 9.17) is 0 Å². The number of rotatable bonds is 3. The fourth-order valence-corrected chi connectivity index (χ4v) is 2.72. The van der Waals surface area contributed by atoms with E-state index in [2.05, 4.69) is 15.0 Å². The Bertz CT molecular complexity index is 606. The van der Waals surface area contributed by atoms with Crippen LogP contribution in [0.5, 0.6) is 0 Å². The van der Waals surface area contributed by atoms with Gasteiger partial charge in [0, 0.05) is 25.1 Å². The molecule has 1 fully saturated rings. The molecule has 3 heterocycles. The summed E-state index contributed by atoms with van der Waals surface area (Å²) in [7, 11) is 0. The highest BCUT2D eigenvalue weighted by Gasteiger charge is 2.34. The highest BCUT2D eigenvalue weighted by atomic mass is 16.4. The zero-order chi connectivity index (χ0) is 14.7. The van der Waals surface area contributed by atoms with Gasteiger partial charge in [0.25, 0.3) is 0 Å². The highest BCUT2D eigenvalue weighted by Crippen LogP contribution is 2.35. The molecule has 0 radical (unpaired) electrons. The van der Waals surface area contributed by atoms with Crippen molar-refractivity contribution in [3.63, 3.8) is 0 Å². The lowest BCUT2D eigenvalue weighted by Crippen LogP contribution is -2.40. The molecule has 2 atom stereocenters. The lowest BCUT2D eigenvalue weighted by molar-refractivity contribution is -0.142. The Kier molecular flexibility index (Phi) is 3.77. The summed E-state index contributed by atoms with van der Waals surface area (Å²) in [4.78, 5) is 26.3. The summed E-state index contributed by atoms with van der Waals surface area (Å²) in [6, 6.07) is 7.35. The van der Waals surface area contributed by atoms with Crippen LogP contribution >= 0.6 is 0 Å². The number of pyridine rings is 1. The van der Waals surface area contributed by atoms with E-state index in [-0.39, 0.29) is 12.0 Å². The normalized spacial score (nSPS) is 22.0. The Morgan fingerprint density at radius 2 is 1.90 bits per heavy atom. The standard InChI is InChI=1S/C15H16N4O2/c20-14(21)11-5-9-19(15-17-7-3-8-18-15)13(10-11)12-4-1-2-6-16-12/h1-4,6-8,11,13H,5,9-10H2,(H,20,21). The van der Waals surface area contributed by atoms with Gasteiger partial charge in [0.05, 0.1) is 17.7 Å². The molecule has 6 nitrogen and oxygen atoms in total. The maximum absolute atomic E-state index is 11.3. The van der Waals surface area contributed by atoms with Crippen LogP contribution in [0.3, 0.4) is 0 Å². The summed E-state index contributed by atoms with van der Waals surface area (Å²) in [5.41, 5.74) is 0.857. The van der Waals surface area contributed by atoms with Crippen molar-refractivity contribution in [2.45, 2.75) is 18.9 Å². The molecule has 0 saturated carbocycles. The number of aromatic nitrogens is 3. The Morgan fingerprint density at radius 1 is 1.14 bits per heavy atom. The number of hydrogen-bond donors (Lipinski definition) is 1. The minimum Gasteiger partial charge on any atom is -0.481 e. The van der Waals surface area contributed by atoms with Crippen molar-refractivity contribution in [1.82, 2.24) is 15.0 Å². The Hall–Kier alpha value is -2.50. The molecule has 0 bridgehead atoms. The van der Waals surface area contributed by atoms with Gasteiger partial charge in [-0.05, 0) is 31.0 Å². The molecule has 1 saturated heterocycles. The van der Waals surface area contributed by atoms with Crippen molar-refractivity contribution < 1.29 is 9.90 Å². The smallest absolute Gasteiger partial charge is 0.306 e. The SMILES string of the molecule is O=C(O)C1CCN(c2ncccn2)C(c2ccccn2)C1. The zero-order valence-corrected chi connectivity index (χ0v) is 11.5. The lowest BCUT2D eigenvalue weighted by atomic mass is 9.89. The van der Waals surface area contributed by atoms with E-state index in [0.717, 1.165) is 5.69 Å². The number of carbonyl (C=O) groups is 1. The second-order valence-electron chi connectivity index (χ2n) is 5.07. The van der Waals surface area contributed by atoms with Gasteiger partial charge in [-0.3, -0.25) is 9.78 Å². The molecule has 0 spiro atoms. The Morgan fingerprint density at radius 3 is 2.57 bits per heavy atom. The average Bonchev–Trinajstić information content (AvgIpc) is 2.56. The summed E-state index contributed by atoms with van der Waals surface area (Å²) in [5.74, 6) is -0.474. The number of piperidine rings is 1. The fraction of sp³-hybridized carbons (Fsp3) is 0.333. The minimum absolute atomic E-state index is 0.108. The molecule has 2 aromatic heterocycles. The summed E-state index contributed by atoms with van der Waals surface area (Å²) >= 11 is 0. The molecular formula is C15H16N4O2. The first-order chi connectivity index (χ1) is 10.3. The van der Waals surface area contributed by atoms with Gasteiger partial charge in [-0.15, -0.1) is 0 Å². The van der Waals surface area contributed by atoms with E-state index < -0.39 is 5.97 Å². The second kappa shape index (κ2) is 5.87. The summed E-state index contributed by atoms with van der Waals surface area (Å²) < 4.78 is 0. The predicted molar refractivity (Wildman–Crippen MR) is 76.7 cm³/mol. The molecule has 2 aromatic rings. The van der Waals surface area contributed by atoms with Gasteiger partial charge in [-0.25, -0.2) is 9.97 Å². The Labute approximate surface area is 122 Å². The molecule has 21 heavy (non-hydrogen) atoms. The van der Waals surface area contributed by atoms with E-state index in [1.54, 1.807) is 24.7 Å². The molecule has 0 aromatic carbocycles. The average molecular weight is 284 g/mol. The van der Waals surface area contributed by atoms with Crippen molar-refractivity contribution in [3.05, 3.63) is 48.5 Å². The van der Waals surface area contributed by atoms with Crippen LogP contribution in [0.1, 0.15) is 24.6 Å². The van der Waals surface area contributed by atoms with E-state index in [1.807, 2.05) is 23.1 Å². The van der Waals surface area contributed by atoms with Crippen LogP contribution in [-0.4, -0.2) is 32.6 Å². The second-order valence-corrected chi connectivity index (χ2v) is 5.07. The third kappa shape index (κ3) is 2.84. The van der Waals surface area contributed by atoms with Gasteiger partial charge < -0.3 is 10.0 Å². The maximum atomic E-state index is 11.3. The lowest BCUT2D eigenvalue weighted by Gasteiger charge is -2.37. The third-order valence-corrected chi connectivity index (χ3v) is 3.79. The van der Waals surface area contributed by atoms with Crippen LogP contribution in [0.2, 0.25) is 0 Å². The van der Waals surface area contributed by atoms with Crippen LogP contribution in [0, 0.1) is 5.92 Å². The topological polar surface area (TPSA) is 79.2 Å². The van der Waals surface area contributed by atoms with Gasteiger partial charge in [0.15, 0.2) is 0 Å². The first-order valence-electron chi connectivity index (χ1n) is 6.93. The van der Waals surface area contributed by atoms with Crippen LogP contribution in [0.15, 0.2) is 42.9 Å². The first-order valence-corrected chi connectivity index (χ1v) is 6.93. The number of hydrogen-bond acceptors (Lipinski definition) is 5. The number of anilines is 1. The van der Waals surface area contributed by atoms with Crippen molar-refractivity contribution >= 4 is 11.9 Å². The fourth-order valence-electron chi connectivity index (χ4n) is 2.72. The van der Waals surface area contributed by atoms with Crippen LogP contribution < -0.4 is 4.90 Å². The quantitative estimate of drug-likeness (QED) is 0.927. The zero-order valence-electron chi connectivity index (χ0n) is 11.5. The first kappa shape index (κ1) is 13.5. The number of aliphatic carboxylic acids is 1. The van der Waals surface area contributed by atoms with E-state index in [1.165, 1.54) is 0 Å². The van der Waals surface area contributed by atoms with Crippen LogP contribution in [0.25, 0.3) is 0 Å². The maximum Gasteiger partial charge on any atom is 0.306 e. The van der Waals surface area contributed by atoms with Gasteiger partial charge >= 0.3 is 5.97 Å². The Balaban J connectivity index is 1.93. The van der Waals surface area contributed by atoms with E-state index >= 15 is 0 Å². The van der Waals surface area contributed by atoms with Crippen molar-refractivity contribution in [1.29, 1.82) is 0 Å². The van der Waals surface area contributed by atoms with E-state index in [0.29, 0.717) is 25.3 Å². The molecule has 3 rings (SSSR count). The van der Waals surface area contributed by atoms with Crippen molar-refractivity contribution in [3.8, 4) is 0 Å². The predicted octanol–water partition coefficient (Wildman–Crippen LogP) is 1.91. The van der Waals surface area contributed by atoms with Gasteiger partial charge in [-0.1, -0.05) is 6.07 Å². The summed E-state index contributed by atoms with van der Waals surface area (Å²) in [6.07, 6.45) is 6.23. The number of carboxylic acids is 1. The molecule has 1 N–H and O–H groups in total. The monoisotopic (exact) mass is 284 g/mol. The third-order valence-electron chi connectivity index (χ3n) is 3.79. The van der Waals surface area contributed by atoms with E-state index in [9.17, 15) is 9.90 Å². The molecule has 1 aliphatic heterocycles. The molecule has 6 heteroatoms. The highest BCUT2D eigenvalue weighted by molar-refractivity contribution is 5.70. The molecule has 2 unspecified atom stereocenters. The molecular weight excluding hydrogens is 268 g/mol. The molecule has 1 aliphatic rings. The number of nitrogens with zero attached hydrogens (tertiary/aromatic N) is 4. The van der Waals surface area contributed by atoms with Crippen molar-refractivity contribution in [2.24, 2.45) is 5.92 Å². The number of carboxylic acid groups (broad SMARTS) is 1. The van der Waals surface area contributed by atoms with Gasteiger partial charge in [0.1, 0.15) is 0 Å². The van der Waals surface area contributed by atoms with Gasteiger partial charge in [0.2, 0.25) is 5.95 Å². The van der Waals surface area contributed by atoms with Crippen LogP contribution in [0.4, 0.5) is 5.95 Å². The summed E-state index contributed by atoms with van der Waals surface area (Å²) in [6.45, 7) is 0.613. The molecule has 0 aliphatic carbocycles. The minimum atomic E-state index is -0.746.